The molecule has 4 fully saturated rings. The maximum atomic E-state index is 12.9. The van der Waals surface area contributed by atoms with E-state index in [9.17, 15) is 19.8 Å². The molecule has 5 aliphatic rings. The van der Waals surface area contributed by atoms with Crippen LogP contribution in [0, 0.1) is 50.7 Å². The van der Waals surface area contributed by atoms with Crippen LogP contribution in [0.4, 0.5) is 0 Å². The molecule has 0 aliphatic heterocycles. The molecule has 2 N–H and O–H groups in total. The Morgan fingerprint density at radius 2 is 1.67 bits per heavy atom. The van der Waals surface area contributed by atoms with Crippen LogP contribution in [0.3, 0.4) is 0 Å². The van der Waals surface area contributed by atoms with Crippen molar-refractivity contribution in [2.75, 3.05) is 6.61 Å². The van der Waals surface area contributed by atoms with Gasteiger partial charge >= 0.3 is 5.97 Å². The van der Waals surface area contributed by atoms with Gasteiger partial charge in [0.05, 0.1) is 17.4 Å². The van der Waals surface area contributed by atoms with Crippen molar-refractivity contribution in [2.24, 2.45) is 50.7 Å². The lowest BCUT2D eigenvalue weighted by Gasteiger charge is -2.71. The number of aliphatic hydroxyl groups is 1. The summed E-state index contributed by atoms with van der Waals surface area (Å²) in [6.45, 7) is 11.6. The van der Waals surface area contributed by atoms with Crippen LogP contribution in [0.1, 0.15) is 98.8 Å². The number of hydrogen-bond acceptors (Lipinski definition) is 3. The molecule has 0 saturated heterocycles. The summed E-state index contributed by atoms with van der Waals surface area (Å²) >= 11 is 0. The van der Waals surface area contributed by atoms with Gasteiger partial charge in [0.1, 0.15) is 5.78 Å². The van der Waals surface area contributed by atoms with Gasteiger partial charge in [0.2, 0.25) is 0 Å². The van der Waals surface area contributed by atoms with Gasteiger partial charge in [-0.3, -0.25) is 9.59 Å². The zero-order valence-electron chi connectivity index (χ0n) is 21.4. The van der Waals surface area contributed by atoms with Crippen LogP contribution in [0.2, 0.25) is 0 Å². The van der Waals surface area contributed by atoms with E-state index in [-0.39, 0.29) is 34.6 Å². The second-order valence-corrected chi connectivity index (χ2v) is 13.6. The van der Waals surface area contributed by atoms with E-state index in [1.165, 1.54) is 5.57 Å². The van der Waals surface area contributed by atoms with E-state index < -0.39 is 16.8 Å². The fourth-order valence-electron chi connectivity index (χ4n) is 10.4. The molecule has 5 aliphatic carbocycles. The van der Waals surface area contributed by atoms with Crippen LogP contribution < -0.4 is 0 Å². The lowest BCUT2D eigenvalue weighted by Crippen LogP contribution is -2.66. The highest BCUT2D eigenvalue weighted by Crippen LogP contribution is 2.75. The van der Waals surface area contributed by atoms with Gasteiger partial charge in [-0.2, -0.15) is 0 Å². The van der Waals surface area contributed by atoms with Crippen molar-refractivity contribution < 1.29 is 19.8 Å². The lowest BCUT2D eigenvalue weighted by molar-refractivity contribution is -0.217. The number of aliphatic hydroxyl groups excluding tert-OH is 1. The number of ketones is 1. The number of rotatable bonds is 2. The predicted octanol–water partition coefficient (Wildman–Crippen LogP) is 6.02. The maximum absolute atomic E-state index is 12.9. The van der Waals surface area contributed by atoms with Crippen LogP contribution in [-0.4, -0.2) is 28.6 Å². The third-order valence-electron chi connectivity index (χ3n) is 12.7. The van der Waals surface area contributed by atoms with Gasteiger partial charge in [0.15, 0.2) is 0 Å². The molecule has 33 heavy (non-hydrogen) atoms. The molecule has 0 amide bonds. The number of carbonyl (C=O) groups is 2. The molecule has 0 radical (unpaired) electrons. The first-order valence-corrected chi connectivity index (χ1v) is 13.5. The number of carboxylic acid groups (broad SMARTS) is 1. The van der Waals surface area contributed by atoms with E-state index in [2.05, 4.69) is 33.8 Å². The summed E-state index contributed by atoms with van der Waals surface area (Å²) in [5.41, 5.74) is 0.273. The smallest absolute Gasteiger partial charge is 0.313 e. The third-order valence-corrected chi connectivity index (χ3v) is 12.7. The quantitative estimate of drug-likeness (QED) is 0.498. The summed E-state index contributed by atoms with van der Waals surface area (Å²) in [6, 6.07) is 0. The summed E-state index contributed by atoms with van der Waals surface area (Å²) in [4.78, 5) is 25.6. The van der Waals surface area contributed by atoms with E-state index in [4.69, 9.17) is 0 Å². The highest BCUT2D eigenvalue weighted by atomic mass is 16.4. The molecule has 5 rings (SSSR count). The van der Waals surface area contributed by atoms with E-state index in [0.29, 0.717) is 24.2 Å². The first-order valence-electron chi connectivity index (χ1n) is 13.5. The van der Waals surface area contributed by atoms with Gasteiger partial charge in [-0.15, -0.1) is 0 Å². The van der Waals surface area contributed by atoms with Crippen LogP contribution >= 0.6 is 0 Å². The van der Waals surface area contributed by atoms with Crippen molar-refractivity contribution in [3.8, 4) is 0 Å². The molecule has 0 aromatic heterocycles. The Morgan fingerprint density at radius 3 is 2.33 bits per heavy atom. The topological polar surface area (TPSA) is 74.6 Å². The molecule has 4 nitrogen and oxygen atoms in total. The Labute approximate surface area is 199 Å². The fraction of sp³-hybridized carbons (Fsp3) is 0.862. The first kappa shape index (κ1) is 23.6. The zero-order chi connectivity index (χ0) is 24.0. The van der Waals surface area contributed by atoms with Gasteiger partial charge in [-0.05, 0) is 97.7 Å². The fourth-order valence-corrected chi connectivity index (χ4v) is 10.4. The molecule has 184 valence electrons. The Bertz CT molecular complexity index is 907. The number of carboxylic acids is 1. The predicted molar refractivity (Wildman–Crippen MR) is 128 cm³/mol. The second kappa shape index (κ2) is 7.18. The van der Waals surface area contributed by atoms with E-state index in [1.54, 1.807) is 0 Å². The van der Waals surface area contributed by atoms with E-state index in [0.717, 1.165) is 57.8 Å². The molecular formula is C29H44O4. The molecule has 9 atom stereocenters. The molecule has 0 bridgehead atoms. The van der Waals surface area contributed by atoms with Gasteiger partial charge < -0.3 is 10.2 Å². The summed E-state index contributed by atoms with van der Waals surface area (Å²) in [5, 5.41) is 20.7. The second-order valence-electron chi connectivity index (χ2n) is 13.6. The minimum absolute atomic E-state index is 0.0404. The number of fused-ring (bicyclic) bond motifs is 7. The maximum Gasteiger partial charge on any atom is 0.313 e. The molecule has 0 aromatic rings. The highest BCUT2D eigenvalue weighted by Gasteiger charge is 2.70. The van der Waals surface area contributed by atoms with Crippen molar-refractivity contribution in [1.82, 2.24) is 0 Å². The van der Waals surface area contributed by atoms with Gasteiger partial charge in [-0.1, -0.05) is 46.3 Å². The summed E-state index contributed by atoms with van der Waals surface area (Å²) in [5.74, 6) is 1.22. The molecule has 4 saturated carbocycles. The van der Waals surface area contributed by atoms with Crippen molar-refractivity contribution in [1.29, 1.82) is 0 Å². The number of aliphatic carboxylic acids is 1. The SMILES string of the molecule is CC1C=C2C3CCC4C5(C)CCC(=O)C(C)(CO)C5CCC4(C)C3(C)CCC2(C(=O)O)CC1. The zero-order valence-corrected chi connectivity index (χ0v) is 21.4. The van der Waals surface area contributed by atoms with Gasteiger partial charge in [0.25, 0.3) is 0 Å². The third kappa shape index (κ3) is 2.74. The largest absolute Gasteiger partial charge is 0.481 e. The number of allylic oxidation sites excluding steroid dienone is 1. The minimum Gasteiger partial charge on any atom is -0.481 e. The van der Waals surface area contributed by atoms with E-state index in [1.807, 2.05) is 6.92 Å². The standard InChI is InChI=1S/C29H44O4/c1-18-8-13-29(24(32)33)15-14-27(4)19(20(29)16-18)6-7-22-25(2)11-10-23(31)26(3,17-30)21(25)9-12-28(22,27)5/h16,18-19,21-22,30H,6-15,17H2,1-5H3,(H,32,33). The number of carbonyl (C=O) groups excluding carboxylic acids is 1. The Kier molecular flexibility index (Phi) is 5.13. The lowest BCUT2D eigenvalue weighted by atomic mass is 9.32. The average molecular weight is 457 g/mol. The van der Waals surface area contributed by atoms with Crippen LogP contribution in [0.15, 0.2) is 11.6 Å². The minimum atomic E-state index is -0.645. The van der Waals surface area contributed by atoms with E-state index >= 15 is 0 Å². The first-order chi connectivity index (χ1) is 15.4. The molecule has 0 spiro atoms. The van der Waals surface area contributed by atoms with Crippen molar-refractivity contribution in [3.05, 3.63) is 11.6 Å². The van der Waals surface area contributed by atoms with Gasteiger partial charge in [-0.25, -0.2) is 0 Å². The van der Waals surface area contributed by atoms with Crippen LogP contribution in [0.5, 0.6) is 0 Å². The number of Topliss-reactive ketones (excluding diaryl/α,β-unsaturated/α-hetero) is 1. The Hall–Kier alpha value is -1.16. The highest BCUT2D eigenvalue weighted by molar-refractivity contribution is 5.86. The van der Waals surface area contributed by atoms with Crippen LogP contribution in [-0.2, 0) is 9.59 Å². The molecular weight excluding hydrogens is 412 g/mol. The normalized spacial score (nSPS) is 53.8. The molecule has 9 unspecified atom stereocenters. The molecule has 0 heterocycles. The monoisotopic (exact) mass is 456 g/mol. The molecule has 4 heteroatoms. The Balaban J connectivity index is 1.57. The van der Waals surface area contributed by atoms with Crippen LogP contribution in [0.25, 0.3) is 0 Å². The summed E-state index contributed by atoms with van der Waals surface area (Å²) in [7, 11) is 0. The van der Waals surface area contributed by atoms with Gasteiger partial charge in [0, 0.05) is 6.42 Å². The summed E-state index contributed by atoms with van der Waals surface area (Å²) in [6.07, 6.45) is 11.7. The summed E-state index contributed by atoms with van der Waals surface area (Å²) < 4.78 is 0. The van der Waals surface area contributed by atoms with Crippen molar-refractivity contribution in [2.45, 2.75) is 98.8 Å². The number of hydrogen-bond donors (Lipinski definition) is 2. The Morgan fingerprint density at radius 1 is 0.939 bits per heavy atom. The van der Waals surface area contributed by atoms with Crippen molar-refractivity contribution >= 4 is 11.8 Å². The van der Waals surface area contributed by atoms with Crippen molar-refractivity contribution in [3.63, 3.8) is 0 Å². The average Bonchev–Trinajstić information content (AvgIpc) is 2.77. The molecule has 0 aromatic carbocycles.